The molecule has 4 rings (SSSR count). The number of aliphatic imine (C=N–C) groups is 1. The number of allylic oxidation sites excluding steroid dienone is 10. The number of hydrogen-bond donors (Lipinski definition) is 1. The molecule has 3 nitrogen and oxygen atoms in total. The third-order valence-corrected chi connectivity index (χ3v) is 7.40. The van der Waals surface area contributed by atoms with Gasteiger partial charge in [-0.15, -0.1) is 0 Å². The number of fused-ring (bicyclic) bond motifs is 1. The van der Waals surface area contributed by atoms with Crippen LogP contribution in [0.15, 0.2) is 95.6 Å². The van der Waals surface area contributed by atoms with Gasteiger partial charge in [-0.25, -0.2) is 0 Å². The summed E-state index contributed by atoms with van der Waals surface area (Å²) in [6.45, 7) is 11.4. The van der Waals surface area contributed by atoms with Crippen LogP contribution in [-0.2, 0) is 4.79 Å². The van der Waals surface area contributed by atoms with Gasteiger partial charge in [0.1, 0.15) is 5.84 Å². The van der Waals surface area contributed by atoms with Crippen molar-refractivity contribution < 1.29 is 4.79 Å². The lowest BCUT2D eigenvalue weighted by atomic mass is 9.62. The molecule has 0 aromatic heterocycles. The molecule has 2 aliphatic carbocycles. The predicted molar refractivity (Wildman–Crippen MR) is 157 cm³/mol. The lowest BCUT2D eigenvalue weighted by molar-refractivity contribution is -0.108. The van der Waals surface area contributed by atoms with Crippen molar-refractivity contribution in [2.24, 2.45) is 22.7 Å². The van der Waals surface area contributed by atoms with Crippen LogP contribution in [0.2, 0.25) is 10.0 Å². The van der Waals surface area contributed by atoms with E-state index in [1.54, 1.807) is 12.2 Å². The number of rotatable bonds is 4. The fourth-order valence-electron chi connectivity index (χ4n) is 4.89. The standard InChI is InChI=1S/C22H21Cl3N2O.C4H8.C4H6/c23-14-3-1-2-13(4-5-14)21-17(16-7-6-15(24)10-20(16)25)8-9-18-19(21)11-26-22(18)27-12-28;2*1-3-4-2/h1-2,4-7,10,12,17-19,21H,3,8-9,11H2,(H,26,27,28);3-4H,1-2H3;3-4H,1-2H2/b;4-3-;. The first-order chi connectivity index (χ1) is 17.4. The third-order valence-electron chi connectivity index (χ3n) is 6.56. The zero-order valence-electron chi connectivity index (χ0n) is 21.0. The number of nitrogens with one attached hydrogen (secondary N) is 1. The van der Waals surface area contributed by atoms with Gasteiger partial charge in [-0.3, -0.25) is 9.79 Å². The second kappa shape index (κ2) is 15.7. The Hall–Kier alpha value is -2.33. The van der Waals surface area contributed by atoms with Gasteiger partial charge >= 0.3 is 0 Å². The summed E-state index contributed by atoms with van der Waals surface area (Å²) in [6, 6.07) is 5.78. The SMILES string of the molecule is C/C=C\C.C=CC=C.O=CNC1=NCC2C1CCC(c1ccc(Cl)cc1Cl)C2C1=CC=C(Cl)CC=C1. The summed E-state index contributed by atoms with van der Waals surface area (Å²) >= 11 is 19.0. The van der Waals surface area contributed by atoms with Crippen LogP contribution < -0.4 is 5.32 Å². The lowest BCUT2D eigenvalue weighted by Crippen LogP contribution is -2.39. The van der Waals surface area contributed by atoms with Gasteiger partial charge in [-0.05, 0) is 73.8 Å². The molecule has 4 unspecified atom stereocenters. The Labute approximate surface area is 231 Å². The second-order valence-electron chi connectivity index (χ2n) is 8.66. The Bertz CT molecular complexity index is 1060. The van der Waals surface area contributed by atoms with E-state index in [1.807, 2.05) is 50.3 Å². The molecule has 3 aliphatic rings. The zero-order valence-corrected chi connectivity index (χ0v) is 23.2. The molecular formula is C30H35Cl3N2O. The molecule has 192 valence electrons. The molecular weight excluding hydrogens is 511 g/mol. The van der Waals surface area contributed by atoms with Crippen molar-refractivity contribution in [3.8, 4) is 0 Å². The highest BCUT2D eigenvalue weighted by Crippen LogP contribution is 2.51. The molecule has 0 saturated heterocycles. The minimum atomic E-state index is 0.238. The van der Waals surface area contributed by atoms with Crippen LogP contribution in [0, 0.1) is 17.8 Å². The van der Waals surface area contributed by atoms with E-state index in [0.29, 0.717) is 22.5 Å². The maximum atomic E-state index is 11.0. The molecule has 1 heterocycles. The first-order valence-corrected chi connectivity index (χ1v) is 13.3. The van der Waals surface area contributed by atoms with E-state index in [1.165, 1.54) is 5.57 Å². The van der Waals surface area contributed by atoms with Crippen LogP contribution >= 0.6 is 34.8 Å². The van der Waals surface area contributed by atoms with Crippen molar-refractivity contribution in [1.29, 1.82) is 0 Å². The van der Waals surface area contributed by atoms with E-state index in [2.05, 4.69) is 41.7 Å². The number of halogens is 3. The number of amidine groups is 1. The summed E-state index contributed by atoms with van der Waals surface area (Å²) in [4.78, 5) is 15.6. The second-order valence-corrected chi connectivity index (χ2v) is 9.99. The first-order valence-electron chi connectivity index (χ1n) is 12.1. The smallest absolute Gasteiger partial charge is 0.212 e. The van der Waals surface area contributed by atoms with E-state index in [-0.39, 0.29) is 17.8 Å². The van der Waals surface area contributed by atoms with Crippen LogP contribution in [0.4, 0.5) is 0 Å². The van der Waals surface area contributed by atoms with Crippen molar-refractivity contribution in [2.75, 3.05) is 6.54 Å². The average Bonchev–Trinajstić information content (AvgIpc) is 3.16. The number of carbonyl (C=O) groups excluding carboxylic acids is 1. The Morgan fingerprint density at radius 1 is 1.03 bits per heavy atom. The van der Waals surface area contributed by atoms with Crippen LogP contribution in [-0.4, -0.2) is 18.8 Å². The number of benzene rings is 1. The van der Waals surface area contributed by atoms with Crippen molar-refractivity contribution in [1.82, 2.24) is 5.32 Å². The molecule has 1 N–H and O–H groups in total. The minimum Gasteiger partial charge on any atom is -0.317 e. The molecule has 0 bridgehead atoms. The molecule has 36 heavy (non-hydrogen) atoms. The van der Waals surface area contributed by atoms with E-state index in [4.69, 9.17) is 34.8 Å². The van der Waals surface area contributed by atoms with Gasteiger partial charge < -0.3 is 5.32 Å². The number of amides is 1. The Morgan fingerprint density at radius 2 is 1.72 bits per heavy atom. The van der Waals surface area contributed by atoms with Gasteiger partial charge in [0.2, 0.25) is 6.41 Å². The van der Waals surface area contributed by atoms with E-state index < -0.39 is 0 Å². The quantitative estimate of drug-likeness (QED) is 0.229. The number of hydrogen-bond acceptors (Lipinski definition) is 2. The van der Waals surface area contributed by atoms with Crippen molar-refractivity contribution in [2.45, 2.75) is 39.0 Å². The predicted octanol–water partition coefficient (Wildman–Crippen LogP) is 8.83. The van der Waals surface area contributed by atoms with E-state index in [9.17, 15) is 4.79 Å². The topological polar surface area (TPSA) is 41.5 Å². The maximum absolute atomic E-state index is 11.0. The molecule has 1 aromatic carbocycles. The molecule has 1 saturated carbocycles. The first kappa shape index (κ1) is 29.9. The van der Waals surface area contributed by atoms with Gasteiger partial charge in [-0.2, -0.15) is 0 Å². The van der Waals surface area contributed by atoms with E-state index >= 15 is 0 Å². The van der Waals surface area contributed by atoms with Crippen molar-refractivity contribution in [3.63, 3.8) is 0 Å². The van der Waals surface area contributed by atoms with Gasteiger partial charge in [0.25, 0.3) is 0 Å². The van der Waals surface area contributed by atoms with Gasteiger partial charge in [0.15, 0.2) is 0 Å². The Kier molecular flexibility index (Phi) is 13.0. The summed E-state index contributed by atoms with van der Waals surface area (Å²) in [5.74, 6) is 1.89. The third kappa shape index (κ3) is 8.09. The van der Waals surface area contributed by atoms with Gasteiger partial charge in [0, 0.05) is 34.0 Å². The summed E-state index contributed by atoms with van der Waals surface area (Å²) in [7, 11) is 0. The molecule has 0 spiro atoms. The highest BCUT2D eigenvalue weighted by atomic mass is 35.5. The van der Waals surface area contributed by atoms with Crippen molar-refractivity contribution >= 4 is 47.0 Å². The lowest BCUT2D eigenvalue weighted by Gasteiger charge is -2.41. The highest BCUT2D eigenvalue weighted by Gasteiger charge is 2.46. The number of carbonyl (C=O) groups is 1. The fourth-order valence-corrected chi connectivity index (χ4v) is 5.59. The molecule has 1 aromatic rings. The van der Waals surface area contributed by atoms with E-state index in [0.717, 1.165) is 42.1 Å². The molecule has 1 fully saturated rings. The van der Waals surface area contributed by atoms with Crippen LogP contribution in [0.3, 0.4) is 0 Å². The average molecular weight is 546 g/mol. The van der Waals surface area contributed by atoms with Crippen LogP contribution in [0.1, 0.15) is 44.6 Å². The fraction of sp³-hybridized carbons (Fsp3) is 0.333. The highest BCUT2D eigenvalue weighted by molar-refractivity contribution is 6.35. The minimum absolute atomic E-state index is 0.238. The summed E-state index contributed by atoms with van der Waals surface area (Å²) < 4.78 is 0. The van der Waals surface area contributed by atoms with Crippen molar-refractivity contribution in [3.05, 3.63) is 106 Å². The monoisotopic (exact) mass is 544 g/mol. The van der Waals surface area contributed by atoms with Gasteiger partial charge in [0.05, 0.1) is 0 Å². The maximum Gasteiger partial charge on any atom is 0.212 e. The molecule has 4 atom stereocenters. The van der Waals surface area contributed by atoms with Crippen LogP contribution in [0.25, 0.3) is 0 Å². The normalized spacial score (nSPS) is 24.4. The molecule has 1 amide bonds. The van der Waals surface area contributed by atoms with Crippen LogP contribution in [0.5, 0.6) is 0 Å². The summed E-state index contributed by atoms with van der Waals surface area (Å²) in [5.41, 5.74) is 2.36. The Balaban J connectivity index is 0.000000501. The largest absolute Gasteiger partial charge is 0.317 e. The number of nitrogens with zero attached hydrogens (tertiary/aromatic N) is 1. The molecule has 0 radical (unpaired) electrons. The summed E-state index contributed by atoms with van der Waals surface area (Å²) in [6.07, 6.45) is 19.1. The molecule has 6 heteroatoms. The zero-order chi connectivity index (χ0) is 26.5. The van der Waals surface area contributed by atoms with Gasteiger partial charge in [-0.1, -0.05) is 96.6 Å². The molecule has 1 aliphatic heterocycles. The summed E-state index contributed by atoms with van der Waals surface area (Å²) in [5, 5.41) is 4.99. The Morgan fingerprint density at radius 3 is 2.33 bits per heavy atom.